The number of benzene rings is 2. The second kappa shape index (κ2) is 4.31. The third-order valence-corrected chi connectivity index (χ3v) is 6.70. The van der Waals surface area contributed by atoms with Gasteiger partial charge in [-0.2, -0.15) is 0 Å². The van der Waals surface area contributed by atoms with E-state index >= 15 is 0 Å². The van der Waals surface area contributed by atoms with Crippen molar-refractivity contribution in [2.24, 2.45) is 0 Å². The normalized spacial score (nSPS) is 13.0. The molecule has 2 nitrogen and oxygen atoms in total. The van der Waals surface area contributed by atoms with Crippen molar-refractivity contribution >= 4 is 37.8 Å². The molecule has 96 valence electrons. The van der Waals surface area contributed by atoms with Gasteiger partial charge in [0.05, 0.1) is 0 Å². The summed E-state index contributed by atoms with van der Waals surface area (Å²) in [6.45, 7) is 7.69. The van der Waals surface area contributed by atoms with Gasteiger partial charge < -0.3 is 9.59 Å². The van der Waals surface area contributed by atoms with Gasteiger partial charge in [0.15, 0.2) is 0 Å². The zero-order valence-corrected chi connectivity index (χ0v) is 13.4. The number of hydrogen-bond donors (Lipinski definition) is 2. The smallest absolute Gasteiger partial charge is 0.213 e. The van der Waals surface area contributed by atoms with Gasteiger partial charge in [-0.25, -0.2) is 0 Å². The molecular weight excluding hydrogens is 256 g/mol. The summed E-state index contributed by atoms with van der Waals surface area (Å²) in [5.74, 6) is 0. The fourth-order valence-electron chi connectivity index (χ4n) is 2.01. The van der Waals surface area contributed by atoms with Crippen molar-refractivity contribution in [2.75, 3.05) is 0 Å². The van der Waals surface area contributed by atoms with Crippen molar-refractivity contribution in [2.45, 2.75) is 26.2 Å². The van der Waals surface area contributed by atoms with Gasteiger partial charge in [-0.05, 0) is 47.3 Å². The van der Waals surface area contributed by atoms with Crippen LogP contribution in [0.2, 0.25) is 26.2 Å². The topological polar surface area (TPSA) is 40.5 Å². The lowest BCUT2D eigenvalue weighted by Crippen LogP contribution is -2.42. The molecule has 0 amide bonds. The van der Waals surface area contributed by atoms with E-state index in [-0.39, 0.29) is 0 Å². The van der Waals surface area contributed by atoms with Crippen LogP contribution < -0.4 is 10.4 Å². The van der Waals surface area contributed by atoms with Crippen molar-refractivity contribution in [3.8, 4) is 0 Å². The first-order valence-electron chi connectivity index (χ1n) is 6.17. The summed E-state index contributed by atoms with van der Waals surface area (Å²) in [7, 11) is -4.48. The van der Waals surface area contributed by atoms with Crippen molar-refractivity contribution < 1.29 is 9.59 Å². The standard InChI is InChI=1S/C14H20O2Si2/c1-17(2,15)13-7-5-12-10-14(18(3,4)16)8-6-11(12)9-13/h5-10,15-16H,1-4H3. The highest BCUT2D eigenvalue weighted by atomic mass is 28.4. The molecule has 0 saturated heterocycles. The molecular formula is C14H20O2Si2. The Morgan fingerprint density at radius 2 is 1.00 bits per heavy atom. The van der Waals surface area contributed by atoms with Crippen LogP contribution in [0.4, 0.5) is 0 Å². The molecule has 0 fully saturated rings. The summed E-state index contributed by atoms with van der Waals surface area (Å²) < 4.78 is 0. The maximum atomic E-state index is 10.1. The molecule has 2 aromatic carbocycles. The maximum absolute atomic E-state index is 10.1. The third kappa shape index (κ3) is 2.72. The fraction of sp³-hybridized carbons (Fsp3) is 0.286. The minimum atomic E-state index is -2.24. The molecule has 0 atom stereocenters. The maximum Gasteiger partial charge on any atom is 0.213 e. The molecule has 0 saturated carbocycles. The van der Waals surface area contributed by atoms with Crippen molar-refractivity contribution in [1.29, 1.82) is 0 Å². The van der Waals surface area contributed by atoms with Crippen LogP contribution in [-0.2, 0) is 0 Å². The summed E-state index contributed by atoms with van der Waals surface area (Å²) in [4.78, 5) is 20.3. The quantitative estimate of drug-likeness (QED) is 0.819. The zero-order chi connectivity index (χ0) is 13.6. The first-order chi connectivity index (χ1) is 8.18. The third-order valence-electron chi connectivity index (χ3n) is 3.25. The molecule has 2 N–H and O–H groups in total. The largest absolute Gasteiger partial charge is 0.428 e. The second-order valence-corrected chi connectivity index (χ2v) is 13.3. The van der Waals surface area contributed by atoms with E-state index in [0.717, 1.165) is 21.1 Å². The van der Waals surface area contributed by atoms with Gasteiger partial charge in [0, 0.05) is 0 Å². The Balaban J connectivity index is 2.56. The fourth-order valence-corrected chi connectivity index (χ4v) is 4.01. The SMILES string of the molecule is C[Si](C)(O)c1ccc2cc([Si](C)(C)O)ccc2c1. The molecule has 0 heterocycles. The van der Waals surface area contributed by atoms with Crippen molar-refractivity contribution in [3.05, 3.63) is 36.4 Å². The Morgan fingerprint density at radius 1 is 0.667 bits per heavy atom. The highest BCUT2D eigenvalue weighted by Crippen LogP contribution is 2.14. The summed E-state index contributed by atoms with van der Waals surface area (Å²) in [5, 5.41) is 4.35. The van der Waals surface area contributed by atoms with Crippen molar-refractivity contribution in [3.63, 3.8) is 0 Å². The first-order valence-corrected chi connectivity index (χ1v) is 12.1. The monoisotopic (exact) mass is 276 g/mol. The molecule has 2 aromatic rings. The van der Waals surface area contributed by atoms with Gasteiger partial charge in [-0.1, -0.05) is 36.4 Å². The Morgan fingerprint density at radius 3 is 1.28 bits per heavy atom. The molecule has 0 bridgehead atoms. The Hall–Kier alpha value is -0.946. The van der Waals surface area contributed by atoms with Gasteiger partial charge in [0.1, 0.15) is 0 Å². The summed E-state index contributed by atoms with van der Waals surface area (Å²) >= 11 is 0. The van der Waals surface area contributed by atoms with E-state index in [2.05, 4.69) is 12.1 Å². The predicted octanol–water partition coefficient (Wildman–Crippen LogP) is 1.65. The lowest BCUT2D eigenvalue weighted by Gasteiger charge is -2.17. The molecule has 0 aromatic heterocycles. The summed E-state index contributed by atoms with van der Waals surface area (Å²) in [6.07, 6.45) is 0. The van der Waals surface area contributed by atoms with E-state index < -0.39 is 16.6 Å². The molecule has 2 rings (SSSR count). The van der Waals surface area contributed by atoms with Gasteiger partial charge in [-0.3, -0.25) is 0 Å². The van der Waals surface area contributed by atoms with E-state index in [1.807, 2.05) is 50.5 Å². The van der Waals surface area contributed by atoms with E-state index in [9.17, 15) is 9.59 Å². The van der Waals surface area contributed by atoms with Crippen molar-refractivity contribution in [1.82, 2.24) is 0 Å². The first kappa shape index (κ1) is 13.5. The molecule has 18 heavy (non-hydrogen) atoms. The zero-order valence-electron chi connectivity index (χ0n) is 11.4. The average Bonchev–Trinajstić information content (AvgIpc) is 2.25. The van der Waals surface area contributed by atoms with E-state index in [1.165, 1.54) is 0 Å². The predicted molar refractivity (Wildman–Crippen MR) is 82.6 cm³/mol. The van der Waals surface area contributed by atoms with Gasteiger partial charge in [0.25, 0.3) is 0 Å². The van der Waals surface area contributed by atoms with Crippen LogP contribution in [0.15, 0.2) is 36.4 Å². The van der Waals surface area contributed by atoms with E-state index in [0.29, 0.717) is 0 Å². The molecule has 4 heteroatoms. The van der Waals surface area contributed by atoms with Crippen LogP contribution in [-0.4, -0.2) is 26.2 Å². The second-order valence-electron chi connectivity index (χ2n) is 5.89. The molecule has 0 radical (unpaired) electrons. The Bertz CT molecular complexity index is 527. The lowest BCUT2D eigenvalue weighted by molar-refractivity contribution is 0.567. The number of rotatable bonds is 2. The highest BCUT2D eigenvalue weighted by molar-refractivity contribution is 6.84. The van der Waals surface area contributed by atoms with Crippen LogP contribution in [0, 0.1) is 0 Å². The summed E-state index contributed by atoms with van der Waals surface area (Å²) in [6, 6.07) is 12.2. The summed E-state index contributed by atoms with van der Waals surface area (Å²) in [5.41, 5.74) is 0. The highest BCUT2D eigenvalue weighted by Gasteiger charge is 2.22. The van der Waals surface area contributed by atoms with E-state index in [4.69, 9.17) is 0 Å². The van der Waals surface area contributed by atoms with Gasteiger partial charge in [0.2, 0.25) is 16.6 Å². The number of fused-ring (bicyclic) bond motifs is 1. The van der Waals surface area contributed by atoms with Crippen LogP contribution in [0.1, 0.15) is 0 Å². The van der Waals surface area contributed by atoms with Crippen LogP contribution >= 0.6 is 0 Å². The van der Waals surface area contributed by atoms with Gasteiger partial charge >= 0.3 is 0 Å². The van der Waals surface area contributed by atoms with E-state index in [1.54, 1.807) is 0 Å². The molecule has 0 spiro atoms. The minimum absolute atomic E-state index is 1.04. The average molecular weight is 276 g/mol. The molecule has 0 aliphatic carbocycles. The minimum Gasteiger partial charge on any atom is -0.428 e. The van der Waals surface area contributed by atoms with Crippen LogP contribution in [0.25, 0.3) is 10.8 Å². The molecule has 0 unspecified atom stereocenters. The Kier molecular flexibility index (Phi) is 3.23. The Labute approximate surface area is 110 Å². The van der Waals surface area contributed by atoms with Crippen LogP contribution in [0.3, 0.4) is 0 Å². The van der Waals surface area contributed by atoms with Crippen LogP contribution in [0.5, 0.6) is 0 Å². The molecule has 0 aliphatic heterocycles. The molecule has 0 aliphatic rings. The lowest BCUT2D eigenvalue weighted by atomic mass is 10.1. The van der Waals surface area contributed by atoms with Gasteiger partial charge in [-0.15, -0.1) is 0 Å². The number of hydrogen-bond acceptors (Lipinski definition) is 2.